The van der Waals surface area contributed by atoms with Crippen molar-refractivity contribution in [2.75, 3.05) is 46.2 Å². The maximum absolute atomic E-state index is 10.6. The van der Waals surface area contributed by atoms with Crippen molar-refractivity contribution in [3.05, 3.63) is 98.1 Å². The second-order valence-electron chi connectivity index (χ2n) is 7.38. The van der Waals surface area contributed by atoms with Gasteiger partial charge in [-0.1, -0.05) is 63.6 Å². The number of unbranched alkanes of at least 4 members (excludes halogenated alkanes) is 6. The van der Waals surface area contributed by atoms with Gasteiger partial charge >= 0.3 is 5.97 Å². The summed E-state index contributed by atoms with van der Waals surface area (Å²) in [6.07, 6.45) is 10.9. The first-order chi connectivity index (χ1) is 21.5. The zero-order valence-electron chi connectivity index (χ0n) is 27.3. The van der Waals surface area contributed by atoms with Crippen LogP contribution in [-0.4, -0.2) is 63.1 Å². The zero-order chi connectivity index (χ0) is 36.6. The van der Waals surface area contributed by atoms with E-state index < -0.39 is 11.8 Å². The molecule has 1 rings (SSSR count). The molecular weight excluding hydrogens is 584 g/mol. The molecule has 0 spiro atoms. The van der Waals surface area contributed by atoms with E-state index in [1.54, 1.807) is 0 Å². The molecule has 0 saturated carbocycles. The number of carbonyl (C=O) groups is 1. The van der Waals surface area contributed by atoms with Gasteiger partial charge in [0, 0.05) is 13.3 Å². The van der Waals surface area contributed by atoms with Crippen LogP contribution in [0.5, 0.6) is 5.75 Å². The van der Waals surface area contributed by atoms with E-state index in [9.17, 15) is 4.79 Å². The van der Waals surface area contributed by atoms with Gasteiger partial charge in [-0.3, -0.25) is 0 Å². The highest BCUT2D eigenvalue weighted by Crippen LogP contribution is 2.25. The van der Waals surface area contributed by atoms with E-state index in [-0.39, 0.29) is 46.2 Å². The van der Waals surface area contributed by atoms with Gasteiger partial charge in [0.15, 0.2) is 0 Å². The minimum absolute atomic E-state index is 0.250. The number of para-hydroxylation sites is 1. The van der Waals surface area contributed by atoms with E-state index >= 15 is 0 Å². The molecule has 11 nitrogen and oxygen atoms in total. The summed E-state index contributed by atoms with van der Waals surface area (Å²) in [4.78, 5) is 10.6. The highest BCUT2D eigenvalue weighted by atomic mass is 16.7. The van der Waals surface area contributed by atoms with Crippen molar-refractivity contribution in [3.63, 3.8) is 0 Å². The number of aliphatic carboxylic acids is 1. The topological polar surface area (TPSA) is 195 Å². The molecule has 0 heterocycles. The minimum atomic E-state index is -1.11. The van der Waals surface area contributed by atoms with Crippen LogP contribution in [0.1, 0.15) is 58.3 Å². The number of rotatable bonds is 13. The number of hydrogen-bond donors (Lipinski definition) is 1. The van der Waals surface area contributed by atoms with E-state index in [0.29, 0.717) is 12.2 Å². The lowest BCUT2D eigenvalue weighted by molar-refractivity contribution is -0.132. The molecule has 15 radical (unpaired) electrons. The first kappa shape index (κ1) is 58.3. The largest absolute Gasteiger partial charge is 0.478 e. The number of benzene rings is 1. The molecule has 1 unspecified atom stereocenters. The molecule has 0 bridgehead atoms. The fourth-order valence-electron chi connectivity index (χ4n) is 2.41. The van der Waals surface area contributed by atoms with Gasteiger partial charge in [-0.25, -0.2) is 40.5 Å². The van der Waals surface area contributed by atoms with Crippen LogP contribution in [0.15, 0.2) is 42.7 Å². The number of ether oxygens (including phenoxy) is 2. The first-order valence-corrected chi connectivity index (χ1v) is 14.2. The molecular formula is C34H57O11. The van der Waals surface area contributed by atoms with Crippen molar-refractivity contribution in [2.45, 2.75) is 64.1 Å². The Labute approximate surface area is 275 Å². The quantitative estimate of drug-likeness (QED) is 0.104. The summed E-state index contributed by atoms with van der Waals surface area (Å²) in [5.74, 6) is -1.52. The summed E-state index contributed by atoms with van der Waals surface area (Å²) in [6, 6.07) is 9.30. The lowest BCUT2D eigenvalue weighted by Crippen LogP contribution is -2.34. The smallest absolute Gasteiger partial charge is 0.331 e. The predicted octanol–water partition coefficient (Wildman–Crippen LogP) is 7.11. The molecule has 1 aromatic carbocycles. The number of hydrogen-bond acceptors (Lipinski definition) is 3. The third-order valence-corrected chi connectivity index (χ3v) is 3.70. The van der Waals surface area contributed by atoms with E-state index in [1.165, 1.54) is 32.1 Å². The van der Waals surface area contributed by atoms with Gasteiger partial charge in [-0.2, -0.15) is 0 Å². The summed E-state index contributed by atoms with van der Waals surface area (Å²) in [5, 5.41) is 70.4. The Morgan fingerprint density at radius 3 is 1.33 bits per heavy atom. The highest BCUT2D eigenvalue weighted by molar-refractivity contribution is 5.79. The van der Waals surface area contributed by atoms with Crippen molar-refractivity contribution in [1.82, 2.24) is 0 Å². The lowest BCUT2D eigenvalue weighted by Gasteiger charge is -2.29. The van der Waals surface area contributed by atoms with Crippen LogP contribution in [-0.2, 0) is 45.3 Å². The molecule has 0 fully saturated rings. The van der Waals surface area contributed by atoms with Crippen molar-refractivity contribution < 1.29 is 55.1 Å². The van der Waals surface area contributed by atoms with Crippen LogP contribution in [0, 0.1) is 55.4 Å². The normalized spacial score (nSPS) is 10.0. The van der Waals surface area contributed by atoms with Gasteiger partial charge in [-0.05, 0) is 67.0 Å². The molecule has 45 heavy (non-hydrogen) atoms. The lowest BCUT2D eigenvalue weighted by atomic mass is 10.1. The third-order valence-electron chi connectivity index (χ3n) is 3.70. The number of carboxylic acid groups (broad SMARTS) is 1. The van der Waals surface area contributed by atoms with Crippen LogP contribution in [0.2, 0.25) is 0 Å². The Balaban J connectivity index is -0.000000112. The highest BCUT2D eigenvalue weighted by Gasteiger charge is 2.27. The van der Waals surface area contributed by atoms with Gasteiger partial charge in [0.1, 0.15) is 5.75 Å². The van der Waals surface area contributed by atoms with E-state index in [0.717, 1.165) is 25.2 Å². The minimum Gasteiger partial charge on any atom is -0.478 e. The van der Waals surface area contributed by atoms with Crippen molar-refractivity contribution in [3.8, 4) is 5.75 Å². The van der Waals surface area contributed by atoms with Crippen LogP contribution < -0.4 is 4.74 Å². The zero-order valence-corrected chi connectivity index (χ0v) is 27.3. The van der Waals surface area contributed by atoms with Crippen LogP contribution in [0.25, 0.3) is 0 Å². The molecule has 1 aromatic rings. The molecule has 0 amide bonds. The fraction of sp³-hybridized carbons (Fsp3) is 0.500. The molecule has 0 aliphatic carbocycles. The summed E-state index contributed by atoms with van der Waals surface area (Å²) in [5.41, 5.74) is 0. The molecule has 259 valence electrons. The Bertz CT molecular complexity index is 583. The molecule has 0 aliphatic rings. The first-order valence-electron chi connectivity index (χ1n) is 14.2. The van der Waals surface area contributed by atoms with Gasteiger partial charge in [0.05, 0.1) is 58.6 Å². The second kappa shape index (κ2) is 60.9. The van der Waals surface area contributed by atoms with E-state index in [4.69, 9.17) is 50.3 Å². The monoisotopic (exact) mass is 641 g/mol. The van der Waals surface area contributed by atoms with Crippen LogP contribution in [0.4, 0.5) is 0 Å². The van der Waals surface area contributed by atoms with Crippen molar-refractivity contribution >= 4 is 5.97 Å². The standard InChI is InChI=1S/C20H29O4.7C2H4O/c1-3-4-5-6-7-8-12-16-20(2,23-17-15-19(21)22)24-18-13-10-9-11-14-18;7*1-2-3/h9-11,13-15,17H,2-8,12,16H2,1H3,(H,21,22);7*1-2H2. The molecule has 0 aliphatic heterocycles. The fourth-order valence-corrected chi connectivity index (χ4v) is 2.41. The van der Waals surface area contributed by atoms with Gasteiger partial charge in [0.25, 0.3) is 5.79 Å². The molecule has 1 atom stereocenters. The molecule has 0 saturated heterocycles. The Morgan fingerprint density at radius 1 is 0.667 bits per heavy atom. The molecule has 0 aromatic heterocycles. The maximum atomic E-state index is 10.6. The average Bonchev–Trinajstić information content (AvgIpc) is 2.96. The van der Waals surface area contributed by atoms with Gasteiger partial charge in [0.2, 0.25) is 0 Å². The SMILES string of the molecule is [CH2]C(CCCCCCCCC)(OC=CC(=O)O)Oc1ccccc1.[CH2]C[O].[CH2]C[O].[CH2]C[O].[CH2]C[O].[CH2]C[O].[CH2]C[O].[CH2]C[O]. The van der Waals surface area contributed by atoms with Crippen LogP contribution >= 0.6 is 0 Å². The second-order valence-corrected chi connectivity index (χ2v) is 7.38. The Hall–Kier alpha value is -2.25. The molecule has 1 N–H and O–H groups in total. The van der Waals surface area contributed by atoms with E-state index in [2.05, 4.69) is 62.3 Å². The maximum Gasteiger partial charge on any atom is 0.331 e. The summed E-state index contributed by atoms with van der Waals surface area (Å²) >= 11 is 0. The average molecular weight is 642 g/mol. The predicted molar refractivity (Wildman–Crippen MR) is 172 cm³/mol. The summed E-state index contributed by atoms with van der Waals surface area (Å²) < 4.78 is 11.3. The van der Waals surface area contributed by atoms with E-state index in [1.807, 2.05) is 30.3 Å². The number of carboxylic acids is 1. The molecule has 11 heteroatoms. The Kier molecular flexibility index (Phi) is 78.9. The van der Waals surface area contributed by atoms with Gasteiger partial charge in [-0.15, -0.1) is 0 Å². The van der Waals surface area contributed by atoms with Gasteiger partial charge < -0.3 is 14.6 Å². The third kappa shape index (κ3) is 85.7. The van der Waals surface area contributed by atoms with Crippen molar-refractivity contribution in [1.29, 1.82) is 0 Å². The van der Waals surface area contributed by atoms with Crippen LogP contribution in [0.3, 0.4) is 0 Å². The van der Waals surface area contributed by atoms with Crippen molar-refractivity contribution in [2.24, 2.45) is 0 Å². The Morgan fingerprint density at radius 2 is 1.00 bits per heavy atom. The summed E-state index contributed by atoms with van der Waals surface area (Å²) in [6.45, 7) is 25.0. The summed E-state index contributed by atoms with van der Waals surface area (Å²) in [7, 11) is 0.